The first kappa shape index (κ1) is 27.7. The molecule has 0 aliphatic carbocycles. The standard InChI is InChI=1S/C38H30N4O5/c1-39-33(44)25-16-8-11-19-29(25)42-37(28-20-30(43)40(34(28)45)21-23-12-4-2-5-13-23)26-17-9-10-18-27(26)38(39,42)32-31(37)35(46)41(36(32)47)22-24-14-6-3-7-15-24/h2-19,28,31-32H,20-22H2,1H3/t28?,31-,32+,37-,38-/m1/s1. The zero-order chi connectivity index (χ0) is 32.2. The van der Waals surface area contributed by atoms with E-state index in [1.165, 1.54) is 9.80 Å². The van der Waals surface area contributed by atoms with Crippen LogP contribution >= 0.6 is 0 Å². The van der Waals surface area contributed by atoms with Crippen molar-refractivity contribution in [3.05, 3.63) is 137 Å². The van der Waals surface area contributed by atoms with Gasteiger partial charge in [0.1, 0.15) is 0 Å². The summed E-state index contributed by atoms with van der Waals surface area (Å²) in [5, 5.41) is 0. The van der Waals surface area contributed by atoms with Crippen LogP contribution in [0, 0.1) is 17.8 Å². The largest absolute Gasteiger partial charge is 0.332 e. The maximum Gasteiger partial charge on any atom is 0.257 e. The molecule has 0 N–H and O–H groups in total. The number of hydrogen-bond donors (Lipinski definition) is 0. The summed E-state index contributed by atoms with van der Waals surface area (Å²) in [5.41, 5.74) is 1.18. The minimum atomic E-state index is -1.41. The summed E-state index contributed by atoms with van der Waals surface area (Å²) in [6.45, 7) is 0.174. The van der Waals surface area contributed by atoms with Crippen LogP contribution in [0.1, 0.15) is 39.0 Å². The molecule has 5 atom stereocenters. The number of likely N-dealkylation sites (tertiary alicyclic amines) is 2. The Bertz CT molecular complexity index is 2050. The summed E-state index contributed by atoms with van der Waals surface area (Å²) in [6.07, 6.45) is -0.129. The number of carbonyl (C=O) groups excluding carboxylic acids is 5. The second-order valence-electron chi connectivity index (χ2n) is 13.1. The molecule has 5 aliphatic heterocycles. The number of fused-ring (bicyclic) bond motifs is 5. The van der Waals surface area contributed by atoms with E-state index in [0.29, 0.717) is 22.4 Å². The molecular weight excluding hydrogens is 592 g/mol. The van der Waals surface area contributed by atoms with Gasteiger partial charge in [-0.3, -0.25) is 33.8 Å². The molecule has 1 unspecified atom stereocenters. The molecule has 9 nitrogen and oxygen atoms in total. The molecule has 4 aromatic carbocycles. The topological polar surface area (TPSA) is 98.3 Å². The number of carbonyl (C=O) groups is 5. The molecule has 0 saturated carbocycles. The number of hydrogen-bond acceptors (Lipinski definition) is 6. The zero-order valence-corrected chi connectivity index (χ0v) is 25.6. The van der Waals surface area contributed by atoms with E-state index in [0.717, 1.165) is 11.1 Å². The van der Waals surface area contributed by atoms with Gasteiger partial charge in [-0.15, -0.1) is 0 Å². The number of nitrogens with zero attached hydrogens (tertiary/aromatic N) is 4. The predicted molar refractivity (Wildman–Crippen MR) is 170 cm³/mol. The van der Waals surface area contributed by atoms with E-state index in [4.69, 9.17) is 0 Å². The van der Waals surface area contributed by atoms with Gasteiger partial charge in [0, 0.05) is 19.0 Å². The fourth-order valence-corrected chi connectivity index (χ4v) is 9.41. The Labute approximate surface area is 271 Å². The lowest BCUT2D eigenvalue weighted by Gasteiger charge is -2.52. The second kappa shape index (κ2) is 9.48. The molecule has 0 spiro atoms. The third kappa shape index (κ3) is 3.21. The Morgan fingerprint density at radius 3 is 1.85 bits per heavy atom. The highest BCUT2D eigenvalue weighted by Gasteiger charge is 2.85. The molecular formula is C38H30N4O5. The minimum absolute atomic E-state index is 0.0694. The maximum atomic E-state index is 14.9. The van der Waals surface area contributed by atoms with Crippen LogP contribution in [0.15, 0.2) is 109 Å². The minimum Gasteiger partial charge on any atom is -0.332 e. The molecule has 0 aromatic heterocycles. The third-order valence-electron chi connectivity index (χ3n) is 11.1. The van der Waals surface area contributed by atoms with Crippen molar-refractivity contribution in [3.63, 3.8) is 0 Å². The Hall–Kier alpha value is -5.57. The number of amides is 5. The molecule has 5 amide bonds. The lowest BCUT2D eigenvalue weighted by atomic mass is 9.62. The van der Waals surface area contributed by atoms with Crippen LogP contribution in [0.5, 0.6) is 0 Å². The van der Waals surface area contributed by atoms with Gasteiger partial charge in [-0.1, -0.05) is 97.1 Å². The van der Waals surface area contributed by atoms with E-state index in [2.05, 4.69) is 0 Å². The van der Waals surface area contributed by atoms with Crippen molar-refractivity contribution in [3.8, 4) is 0 Å². The van der Waals surface area contributed by atoms with E-state index < -0.39 is 34.9 Å². The average molecular weight is 623 g/mol. The Kier molecular flexibility index (Phi) is 5.59. The SMILES string of the molecule is CN1C(=O)c2ccccc2N2[C@@]13c1ccccc1[C@@]2(C1CC(=O)N(Cc2ccccc2)C1=O)[C@H]1C(=O)N(Cc2ccccc2)C(=O)[C@H]13. The van der Waals surface area contributed by atoms with Crippen molar-refractivity contribution < 1.29 is 24.0 Å². The van der Waals surface area contributed by atoms with Crippen LogP contribution < -0.4 is 4.90 Å². The van der Waals surface area contributed by atoms with Crippen LogP contribution in [-0.4, -0.2) is 51.3 Å². The zero-order valence-electron chi connectivity index (χ0n) is 25.6. The molecule has 2 bridgehead atoms. The normalized spacial score (nSPS) is 28.6. The summed E-state index contributed by atoms with van der Waals surface area (Å²) in [6, 6.07) is 33.4. The van der Waals surface area contributed by atoms with Gasteiger partial charge >= 0.3 is 0 Å². The smallest absolute Gasteiger partial charge is 0.257 e. The number of rotatable bonds is 5. The molecule has 9 heteroatoms. The number of para-hydroxylation sites is 1. The maximum absolute atomic E-state index is 14.9. The van der Waals surface area contributed by atoms with Crippen LogP contribution in [0.25, 0.3) is 0 Å². The van der Waals surface area contributed by atoms with Crippen LogP contribution in [0.2, 0.25) is 0 Å². The summed E-state index contributed by atoms with van der Waals surface area (Å²) in [5.74, 6) is -4.78. The number of imide groups is 2. The van der Waals surface area contributed by atoms with Gasteiger partial charge in [0.25, 0.3) is 5.91 Å². The first-order valence-electron chi connectivity index (χ1n) is 15.9. The van der Waals surface area contributed by atoms with E-state index >= 15 is 0 Å². The van der Waals surface area contributed by atoms with Gasteiger partial charge in [0.2, 0.25) is 23.6 Å². The van der Waals surface area contributed by atoms with Crippen LogP contribution in [0.4, 0.5) is 5.69 Å². The Balaban J connectivity index is 1.30. The van der Waals surface area contributed by atoms with Gasteiger partial charge in [-0.25, -0.2) is 0 Å². The van der Waals surface area contributed by atoms with Crippen molar-refractivity contribution >= 4 is 35.2 Å². The molecule has 5 heterocycles. The van der Waals surface area contributed by atoms with Gasteiger partial charge < -0.3 is 9.80 Å². The van der Waals surface area contributed by atoms with Gasteiger partial charge in [0.05, 0.1) is 47.6 Å². The predicted octanol–water partition coefficient (Wildman–Crippen LogP) is 4.03. The molecule has 3 fully saturated rings. The van der Waals surface area contributed by atoms with Crippen molar-refractivity contribution in [2.75, 3.05) is 11.9 Å². The van der Waals surface area contributed by atoms with E-state index in [9.17, 15) is 24.0 Å². The van der Waals surface area contributed by atoms with Gasteiger partial charge in [0.15, 0.2) is 5.66 Å². The van der Waals surface area contributed by atoms with Crippen molar-refractivity contribution in [2.24, 2.45) is 17.8 Å². The summed E-state index contributed by atoms with van der Waals surface area (Å²) in [4.78, 5) is 78.8. The molecule has 3 saturated heterocycles. The Morgan fingerprint density at radius 1 is 0.617 bits per heavy atom. The fraction of sp³-hybridized carbons (Fsp3) is 0.237. The average Bonchev–Trinajstić information content (AvgIpc) is 3.74. The van der Waals surface area contributed by atoms with E-state index in [-0.39, 0.29) is 43.1 Å². The first-order valence-corrected chi connectivity index (χ1v) is 15.9. The Morgan fingerprint density at radius 2 is 1.17 bits per heavy atom. The van der Waals surface area contributed by atoms with Gasteiger partial charge in [-0.05, 0) is 28.8 Å². The van der Waals surface area contributed by atoms with Crippen molar-refractivity contribution in [2.45, 2.75) is 30.7 Å². The molecule has 0 radical (unpaired) electrons. The molecule has 9 rings (SSSR count). The summed E-state index contributed by atoms with van der Waals surface area (Å²) >= 11 is 0. The lowest BCUT2D eigenvalue weighted by molar-refractivity contribution is -0.143. The van der Waals surface area contributed by atoms with E-state index in [1.807, 2.05) is 102 Å². The second-order valence-corrected chi connectivity index (χ2v) is 13.1. The number of benzene rings is 4. The van der Waals surface area contributed by atoms with Gasteiger partial charge in [-0.2, -0.15) is 0 Å². The molecule has 5 aliphatic rings. The summed E-state index contributed by atoms with van der Waals surface area (Å²) in [7, 11) is 1.68. The highest BCUT2D eigenvalue weighted by molar-refractivity contribution is 6.14. The third-order valence-corrected chi connectivity index (χ3v) is 11.1. The van der Waals surface area contributed by atoms with Crippen molar-refractivity contribution in [1.82, 2.24) is 14.7 Å². The summed E-state index contributed by atoms with van der Waals surface area (Å²) < 4.78 is 0. The molecule has 232 valence electrons. The number of anilines is 1. The van der Waals surface area contributed by atoms with Crippen LogP contribution in [-0.2, 0) is 43.5 Å². The monoisotopic (exact) mass is 622 g/mol. The quantitative estimate of drug-likeness (QED) is 0.312. The van der Waals surface area contributed by atoms with Crippen LogP contribution in [0.3, 0.4) is 0 Å². The molecule has 47 heavy (non-hydrogen) atoms. The van der Waals surface area contributed by atoms with E-state index in [1.54, 1.807) is 24.1 Å². The highest BCUT2D eigenvalue weighted by Crippen LogP contribution is 2.74. The highest BCUT2D eigenvalue weighted by atomic mass is 16.2. The fourth-order valence-electron chi connectivity index (χ4n) is 9.41. The van der Waals surface area contributed by atoms with Crippen molar-refractivity contribution in [1.29, 1.82) is 0 Å². The first-order chi connectivity index (χ1) is 22.8. The molecule has 4 aromatic rings. The lowest BCUT2D eigenvalue weighted by Crippen LogP contribution is -2.64.